The maximum absolute atomic E-state index is 12.6. The molecule has 5 nitrogen and oxygen atoms in total. The first kappa shape index (κ1) is 18.0. The lowest BCUT2D eigenvalue weighted by Gasteiger charge is -2.11. The first-order valence-corrected chi connectivity index (χ1v) is 9.54. The van der Waals surface area contributed by atoms with Crippen LogP contribution in [0.25, 0.3) is 11.3 Å². The van der Waals surface area contributed by atoms with E-state index in [-0.39, 0.29) is 5.91 Å². The van der Waals surface area contributed by atoms with Crippen molar-refractivity contribution >= 4 is 11.6 Å². The molecule has 1 aliphatic heterocycles. The second-order valence-corrected chi connectivity index (χ2v) is 6.85. The van der Waals surface area contributed by atoms with Gasteiger partial charge in [-0.2, -0.15) is 0 Å². The summed E-state index contributed by atoms with van der Waals surface area (Å²) in [6.45, 7) is 5.09. The van der Waals surface area contributed by atoms with Crippen molar-refractivity contribution in [1.82, 2.24) is 9.55 Å². The van der Waals surface area contributed by atoms with Gasteiger partial charge >= 0.3 is 0 Å². The maximum Gasteiger partial charge on any atom is 0.255 e. The Kier molecular flexibility index (Phi) is 5.24. The van der Waals surface area contributed by atoms with Gasteiger partial charge in [0, 0.05) is 36.0 Å². The standard InChI is InChI=1S/C23H23N3O2/c1-2-14-28-20-11-9-17(10-12-20)23(27)24-19-7-5-6-18(15-19)21-16-26-13-4-3-8-22(26)25-21/h2,5-7,9-12,15-16H,1,3-4,8,13-14H2,(H,24,27). The van der Waals surface area contributed by atoms with Crippen LogP contribution in [0.4, 0.5) is 5.69 Å². The van der Waals surface area contributed by atoms with E-state index in [1.807, 2.05) is 24.3 Å². The van der Waals surface area contributed by atoms with Crippen molar-refractivity contribution < 1.29 is 9.53 Å². The summed E-state index contributed by atoms with van der Waals surface area (Å²) >= 11 is 0. The van der Waals surface area contributed by atoms with Crippen LogP contribution in [0.5, 0.6) is 5.75 Å². The molecule has 28 heavy (non-hydrogen) atoms. The van der Waals surface area contributed by atoms with E-state index in [1.54, 1.807) is 30.3 Å². The van der Waals surface area contributed by atoms with E-state index in [4.69, 9.17) is 9.72 Å². The second kappa shape index (κ2) is 8.13. The zero-order valence-corrected chi connectivity index (χ0v) is 15.7. The summed E-state index contributed by atoms with van der Waals surface area (Å²) in [4.78, 5) is 17.3. The number of amides is 1. The van der Waals surface area contributed by atoms with Crippen LogP contribution < -0.4 is 10.1 Å². The van der Waals surface area contributed by atoms with Crippen LogP contribution >= 0.6 is 0 Å². The molecule has 5 heteroatoms. The van der Waals surface area contributed by atoms with E-state index in [1.165, 1.54) is 12.8 Å². The molecule has 0 radical (unpaired) electrons. The summed E-state index contributed by atoms with van der Waals surface area (Å²) < 4.78 is 7.68. The van der Waals surface area contributed by atoms with Gasteiger partial charge in [0.2, 0.25) is 0 Å². The number of carbonyl (C=O) groups excluding carboxylic acids is 1. The highest BCUT2D eigenvalue weighted by Gasteiger charge is 2.14. The van der Waals surface area contributed by atoms with Gasteiger partial charge < -0.3 is 14.6 Å². The predicted octanol–water partition coefficient (Wildman–Crippen LogP) is 4.70. The molecule has 1 aliphatic rings. The fraction of sp³-hybridized carbons (Fsp3) is 0.217. The van der Waals surface area contributed by atoms with Gasteiger partial charge in [0.25, 0.3) is 5.91 Å². The van der Waals surface area contributed by atoms with Crippen molar-refractivity contribution in [1.29, 1.82) is 0 Å². The first-order valence-electron chi connectivity index (χ1n) is 9.54. The molecule has 0 saturated carbocycles. The number of aryl methyl sites for hydroxylation is 2. The summed E-state index contributed by atoms with van der Waals surface area (Å²) in [5.41, 5.74) is 3.29. The van der Waals surface area contributed by atoms with Gasteiger partial charge in [0.1, 0.15) is 18.2 Å². The zero-order valence-electron chi connectivity index (χ0n) is 15.7. The Hall–Kier alpha value is -3.34. The van der Waals surface area contributed by atoms with Crippen LogP contribution in [0.1, 0.15) is 29.0 Å². The van der Waals surface area contributed by atoms with Crippen LogP contribution in [0.15, 0.2) is 67.4 Å². The molecule has 1 amide bonds. The highest BCUT2D eigenvalue weighted by atomic mass is 16.5. The highest BCUT2D eigenvalue weighted by molar-refractivity contribution is 6.04. The molecule has 4 rings (SSSR count). The Balaban J connectivity index is 1.48. The zero-order chi connectivity index (χ0) is 19.3. The van der Waals surface area contributed by atoms with Crippen LogP contribution in [-0.2, 0) is 13.0 Å². The lowest BCUT2D eigenvalue weighted by Crippen LogP contribution is -2.11. The number of nitrogens with one attached hydrogen (secondary N) is 1. The third-order valence-electron chi connectivity index (χ3n) is 4.81. The van der Waals surface area contributed by atoms with Gasteiger partial charge in [-0.25, -0.2) is 4.98 Å². The van der Waals surface area contributed by atoms with E-state index in [2.05, 4.69) is 22.7 Å². The number of nitrogens with zero attached hydrogens (tertiary/aromatic N) is 2. The molecule has 1 N–H and O–H groups in total. The molecule has 142 valence electrons. The molecule has 3 aromatic rings. The molecule has 0 unspecified atom stereocenters. The van der Waals surface area contributed by atoms with Crippen molar-refractivity contribution in [2.75, 3.05) is 11.9 Å². The number of ether oxygens (including phenoxy) is 1. The van der Waals surface area contributed by atoms with Gasteiger partial charge in [-0.3, -0.25) is 4.79 Å². The van der Waals surface area contributed by atoms with E-state index in [0.29, 0.717) is 17.9 Å². The average molecular weight is 373 g/mol. The molecule has 0 saturated heterocycles. The van der Waals surface area contributed by atoms with Crippen molar-refractivity contribution in [3.05, 3.63) is 78.8 Å². The number of fused-ring (bicyclic) bond motifs is 1. The van der Waals surface area contributed by atoms with E-state index in [0.717, 1.165) is 35.7 Å². The molecule has 2 heterocycles. The normalized spacial score (nSPS) is 12.9. The molecule has 0 fully saturated rings. The minimum atomic E-state index is -0.156. The largest absolute Gasteiger partial charge is 0.490 e. The number of anilines is 1. The highest BCUT2D eigenvalue weighted by Crippen LogP contribution is 2.25. The Morgan fingerprint density at radius 3 is 2.86 bits per heavy atom. The molecule has 0 spiro atoms. The third-order valence-corrected chi connectivity index (χ3v) is 4.81. The minimum absolute atomic E-state index is 0.156. The average Bonchev–Trinajstić information content (AvgIpc) is 3.17. The van der Waals surface area contributed by atoms with E-state index in [9.17, 15) is 4.79 Å². The van der Waals surface area contributed by atoms with Crippen molar-refractivity contribution in [2.45, 2.75) is 25.8 Å². The predicted molar refractivity (Wildman–Crippen MR) is 111 cm³/mol. The Morgan fingerprint density at radius 1 is 1.21 bits per heavy atom. The SMILES string of the molecule is C=CCOc1ccc(C(=O)Nc2cccc(-c3cn4c(n3)CCCC4)c2)cc1. The van der Waals surface area contributed by atoms with E-state index < -0.39 is 0 Å². The number of hydrogen-bond donors (Lipinski definition) is 1. The Bertz CT molecular complexity index is 966. The summed E-state index contributed by atoms with van der Waals surface area (Å²) in [6.07, 6.45) is 7.23. The van der Waals surface area contributed by atoms with Crippen LogP contribution in [-0.4, -0.2) is 22.1 Å². The van der Waals surface area contributed by atoms with Crippen LogP contribution in [0.2, 0.25) is 0 Å². The fourth-order valence-electron chi connectivity index (χ4n) is 3.37. The maximum atomic E-state index is 12.6. The Labute approximate surface area is 164 Å². The van der Waals surface area contributed by atoms with Crippen molar-refractivity contribution in [3.63, 3.8) is 0 Å². The number of benzene rings is 2. The quantitative estimate of drug-likeness (QED) is 0.637. The fourth-order valence-corrected chi connectivity index (χ4v) is 3.37. The molecule has 0 aliphatic carbocycles. The smallest absolute Gasteiger partial charge is 0.255 e. The van der Waals surface area contributed by atoms with Crippen LogP contribution in [0.3, 0.4) is 0 Å². The van der Waals surface area contributed by atoms with Crippen LogP contribution in [0, 0.1) is 0 Å². The molecule has 0 bridgehead atoms. The molecule has 0 atom stereocenters. The monoisotopic (exact) mass is 373 g/mol. The topological polar surface area (TPSA) is 56.1 Å². The number of imidazole rings is 1. The molecule has 1 aromatic heterocycles. The van der Waals surface area contributed by atoms with Crippen molar-refractivity contribution in [2.24, 2.45) is 0 Å². The van der Waals surface area contributed by atoms with Gasteiger partial charge in [0.15, 0.2) is 0 Å². The molecular weight excluding hydrogens is 350 g/mol. The molecule has 2 aromatic carbocycles. The number of hydrogen-bond acceptors (Lipinski definition) is 3. The number of carbonyl (C=O) groups is 1. The van der Waals surface area contributed by atoms with Gasteiger partial charge in [-0.15, -0.1) is 0 Å². The number of aromatic nitrogens is 2. The molecular formula is C23H23N3O2. The second-order valence-electron chi connectivity index (χ2n) is 6.85. The first-order chi connectivity index (χ1) is 13.7. The lowest BCUT2D eigenvalue weighted by atomic mass is 10.1. The van der Waals surface area contributed by atoms with Gasteiger partial charge in [0.05, 0.1) is 5.69 Å². The van der Waals surface area contributed by atoms with E-state index >= 15 is 0 Å². The summed E-state index contributed by atoms with van der Waals surface area (Å²) in [7, 11) is 0. The minimum Gasteiger partial charge on any atom is -0.490 e. The van der Waals surface area contributed by atoms with Gasteiger partial charge in [-0.05, 0) is 49.2 Å². The third kappa shape index (κ3) is 3.98. The summed E-state index contributed by atoms with van der Waals surface area (Å²) in [6, 6.07) is 14.9. The Morgan fingerprint density at radius 2 is 2.07 bits per heavy atom. The lowest BCUT2D eigenvalue weighted by molar-refractivity contribution is 0.102. The van der Waals surface area contributed by atoms with Gasteiger partial charge in [-0.1, -0.05) is 24.8 Å². The summed E-state index contributed by atoms with van der Waals surface area (Å²) in [5.74, 6) is 1.70. The summed E-state index contributed by atoms with van der Waals surface area (Å²) in [5, 5.41) is 2.96. The number of rotatable bonds is 6. The van der Waals surface area contributed by atoms with Crippen molar-refractivity contribution in [3.8, 4) is 17.0 Å².